The first-order valence-electron chi connectivity index (χ1n) is 11.4. The molecule has 3 heterocycles. The van der Waals surface area contributed by atoms with Gasteiger partial charge in [-0.15, -0.1) is 0 Å². The van der Waals surface area contributed by atoms with Crippen molar-refractivity contribution >= 4 is 17.9 Å². The number of likely N-dealkylation sites (tertiary alicyclic amines) is 2. The number of rotatable bonds is 5. The van der Waals surface area contributed by atoms with Crippen molar-refractivity contribution in [3.05, 3.63) is 59.7 Å². The van der Waals surface area contributed by atoms with Crippen molar-refractivity contribution in [3.63, 3.8) is 0 Å². The summed E-state index contributed by atoms with van der Waals surface area (Å²) in [6.45, 7) is 2.13. The van der Waals surface area contributed by atoms with Crippen LogP contribution in [0.5, 0.6) is 17.2 Å². The molecule has 7 heteroatoms. The van der Waals surface area contributed by atoms with Gasteiger partial charge in [0.15, 0.2) is 11.5 Å². The number of methoxy groups -OCH3 is 1. The minimum atomic E-state index is 0.0171. The summed E-state index contributed by atoms with van der Waals surface area (Å²) in [4.78, 5) is 29.5. The van der Waals surface area contributed by atoms with Crippen molar-refractivity contribution in [2.24, 2.45) is 5.92 Å². The maximum atomic E-state index is 12.8. The normalized spacial score (nSPS) is 21.9. The van der Waals surface area contributed by atoms with Crippen molar-refractivity contribution in [3.8, 4) is 17.2 Å². The number of piperidine rings is 2. The summed E-state index contributed by atoms with van der Waals surface area (Å²) in [6.07, 6.45) is 5.62. The Morgan fingerprint density at radius 2 is 1.94 bits per heavy atom. The van der Waals surface area contributed by atoms with Crippen LogP contribution < -0.4 is 14.2 Å². The molecule has 0 unspecified atom stereocenters. The number of amides is 2. The highest BCUT2D eigenvalue weighted by molar-refractivity contribution is 5.92. The van der Waals surface area contributed by atoms with Gasteiger partial charge in [0.2, 0.25) is 18.6 Å². The zero-order chi connectivity index (χ0) is 22.8. The van der Waals surface area contributed by atoms with Crippen LogP contribution in [0.25, 0.3) is 6.08 Å². The molecule has 3 aliphatic rings. The SMILES string of the molecule is COc1ccc(/C=C/C(=O)N2CC[C@H]3[C@H](CCC(=O)N3Cc3ccc4c(c3)OCO4)C2)cc1. The lowest BCUT2D eigenvalue weighted by Crippen LogP contribution is -2.56. The lowest BCUT2D eigenvalue weighted by molar-refractivity contribution is -0.143. The molecule has 2 saturated heterocycles. The van der Waals surface area contributed by atoms with Gasteiger partial charge in [-0.3, -0.25) is 9.59 Å². The standard InChI is InChI=1S/C26H28N2O5/c1-31-21-7-2-18(3-8-21)5-10-25(29)27-13-12-22-20(16-27)6-11-26(30)28(22)15-19-4-9-23-24(14-19)33-17-32-23/h2-5,7-10,14,20,22H,6,11-13,15-17H2,1H3/b10-5+/t20-,22+/m1/s1. The van der Waals surface area contributed by atoms with E-state index < -0.39 is 0 Å². The Kier molecular flexibility index (Phi) is 5.94. The third-order valence-electron chi connectivity index (χ3n) is 6.78. The Bertz CT molecular complexity index is 1060. The van der Waals surface area contributed by atoms with E-state index in [0.717, 1.165) is 41.2 Å². The summed E-state index contributed by atoms with van der Waals surface area (Å²) in [5.41, 5.74) is 1.99. The third kappa shape index (κ3) is 4.53. The van der Waals surface area contributed by atoms with Gasteiger partial charge in [-0.05, 0) is 60.2 Å². The first-order valence-corrected chi connectivity index (χ1v) is 11.4. The van der Waals surface area contributed by atoms with Gasteiger partial charge in [-0.2, -0.15) is 0 Å². The van der Waals surface area contributed by atoms with Crippen molar-refractivity contribution in [1.82, 2.24) is 9.80 Å². The number of carbonyl (C=O) groups is 2. The summed E-state index contributed by atoms with van der Waals surface area (Å²) < 4.78 is 16.1. The Hall–Kier alpha value is -3.48. The van der Waals surface area contributed by atoms with Crippen LogP contribution in [0.3, 0.4) is 0 Å². The van der Waals surface area contributed by atoms with Gasteiger partial charge in [0.25, 0.3) is 0 Å². The number of benzene rings is 2. The molecule has 2 aromatic carbocycles. The van der Waals surface area contributed by atoms with E-state index in [-0.39, 0.29) is 24.6 Å². The summed E-state index contributed by atoms with van der Waals surface area (Å²) in [5.74, 6) is 2.77. The smallest absolute Gasteiger partial charge is 0.246 e. The Morgan fingerprint density at radius 1 is 1.12 bits per heavy atom. The summed E-state index contributed by atoms with van der Waals surface area (Å²) >= 11 is 0. The summed E-state index contributed by atoms with van der Waals surface area (Å²) in [5, 5.41) is 0. The van der Waals surface area contributed by atoms with Crippen molar-refractivity contribution in [1.29, 1.82) is 0 Å². The first-order chi connectivity index (χ1) is 16.1. The van der Waals surface area contributed by atoms with E-state index >= 15 is 0 Å². The predicted molar refractivity (Wildman–Crippen MR) is 123 cm³/mol. The molecule has 0 bridgehead atoms. The molecule has 3 aliphatic heterocycles. The van der Waals surface area contributed by atoms with E-state index in [2.05, 4.69) is 0 Å². The highest BCUT2D eigenvalue weighted by atomic mass is 16.7. The topological polar surface area (TPSA) is 68.3 Å². The third-order valence-corrected chi connectivity index (χ3v) is 6.78. The number of carbonyl (C=O) groups excluding carboxylic acids is 2. The van der Waals surface area contributed by atoms with Crippen molar-refractivity contribution in [2.45, 2.75) is 31.8 Å². The van der Waals surface area contributed by atoms with Gasteiger partial charge in [-0.1, -0.05) is 18.2 Å². The molecule has 2 aromatic rings. The lowest BCUT2D eigenvalue weighted by atomic mass is 9.83. The molecule has 0 spiro atoms. The maximum absolute atomic E-state index is 12.8. The van der Waals surface area contributed by atoms with Crippen molar-refractivity contribution in [2.75, 3.05) is 27.0 Å². The number of nitrogens with zero attached hydrogens (tertiary/aromatic N) is 2. The molecule has 2 atom stereocenters. The predicted octanol–water partition coefficient (Wildman–Crippen LogP) is 3.48. The molecule has 0 radical (unpaired) electrons. The molecular weight excluding hydrogens is 420 g/mol. The fraction of sp³-hybridized carbons (Fsp3) is 0.385. The number of hydrogen-bond acceptors (Lipinski definition) is 5. The van der Waals surface area contributed by atoms with Crippen LogP contribution in [0.15, 0.2) is 48.5 Å². The Morgan fingerprint density at radius 3 is 2.76 bits per heavy atom. The minimum Gasteiger partial charge on any atom is -0.497 e. The molecule has 2 amide bonds. The highest BCUT2D eigenvalue weighted by Gasteiger charge is 2.40. The van der Waals surface area contributed by atoms with Crippen LogP contribution in [0.2, 0.25) is 0 Å². The zero-order valence-electron chi connectivity index (χ0n) is 18.7. The van der Waals surface area contributed by atoms with E-state index in [0.29, 0.717) is 32.0 Å². The van der Waals surface area contributed by atoms with E-state index in [1.807, 2.05) is 58.3 Å². The van der Waals surface area contributed by atoms with E-state index in [1.54, 1.807) is 13.2 Å². The lowest BCUT2D eigenvalue weighted by Gasteiger charge is -2.47. The van der Waals surface area contributed by atoms with E-state index in [9.17, 15) is 9.59 Å². The van der Waals surface area contributed by atoms with E-state index in [4.69, 9.17) is 14.2 Å². The molecule has 0 aromatic heterocycles. The fourth-order valence-corrected chi connectivity index (χ4v) is 4.98. The molecule has 5 rings (SSSR count). The van der Waals surface area contributed by atoms with Crippen LogP contribution in [0.1, 0.15) is 30.4 Å². The quantitative estimate of drug-likeness (QED) is 0.655. The summed E-state index contributed by atoms with van der Waals surface area (Å²) in [7, 11) is 1.63. The van der Waals surface area contributed by atoms with Crippen LogP contribution in [-0.4, -0.2) is 54.6 Å². The van der Waals surface area contributed by atoms with Gasteiger partial charge >= 0.3 is 0 Å². The Labute approximate surface area is 193 Å². The first kappa shape index (κ1) is 21.4. The van der Waals surface area contributed by atoms with Crippen LogP contribution >= 0.6 is 0 Å². The monoisotopic (exact) mass is 448 g/mol. The van der Waals surface area contributed by atoms with E-state index in [1.165, 1.54) is 0 Å². The molecule has 0 N–H and O–H groups in total. The van der Waals surface area contributed by atoms with Crippen LogP contribution in [-0.2, 0) is 16.1 Å². The van der Waals surface area contributed by atoms with Gasteiger partial charge in [0, 0.05) is 38.2 Å². The van der Waals surface area contributed by atoms with Crippen LogP contribution in [0.4, 0.5) is 0 Å². The van der Waals surface area contributed by atoms with Crippen LogP contribution in [0, 0.1) is 5.92 Å². The second-order valence-corrected chi connectivity index (χ2v) is 8.75. The maximum Gasteiger partial charge on any atom is 0.246 e. The molecule has 172 valence electrons. The molecule has 0 saturated carbocycles. The largest absolute Gasteiger partial charge is 0.497 e. The average molecular weight is 449 g/mol. The number of fused-ring (bicyclic) bond motifs is 2. The van der Waals surface area contributed by atoms with Gasteiger partial charge in [0.1, 0.15) is 5.75 Å². The molecule has 2 fully saturated rings. The number of hydrogen-bond donors (Lipinski definition) is 0. The highest BCUT2D eigenvalue weighted by Crippen LogP contribution is 2.36. The van der Waals surface area contributed by atoms with Gasteiger partial charge in [-0.25, -0.2) is 0 Å². The van der Waals surface area contributed by atoms with Gasteiger partial charge < -0.3 is 24.0 Å². The van der Waals surface area contributed by atoms with Gasteiger partial charge in [0.05, 0.1) is 7.11 Å². The average Bonchev–Trinajstić information content (AvgIpc) is 3.32. The zero-order valence-corrected chi connectivity index (χ0v) is 18.7. The number of ether oxygens (including phenoxy) is 3. The molecule has 0 aliphatic carbocycles. The Balaban J connectivity index is 1.22. The van der Waals surface area contributed by atoms with Crippen molar-refractivity contribution < 1.29 is 23.8 Å². The molecule has 33 heavy (non-hydrogen) atoms. The molecular formula is C26H28N2O5. The second-order valence-electron chi connectivity index (χ2n) is 8.75. The minimum absolute atomic E-state index is 0.0171. The fourth-order valence-electron chi connectivity index (χ4n) is 4.98. The second kappa shape index (κ2) is 9.17. The molecule has 7 nitrogen and oxygen atoms in total. The summed E-state index contributed by atoms with van der Waals surface area (Å²) in [6, 6.07) is 13.6.